The molecule has 0 spiro atoms. The van der Waals surface area contributed by atoms with E-state index in [9.17, 15) is 13.2 Å². The SMILES string of the molecule is CCCN(C1CCNCC1)S(=O)(=O)CCCC(=O)OC. The first kappa shape index (κ1) is 17.4. The predicted molar refractivity (Wildman–Crippen MR) is 77.9 cm³/mol. The zero-order valence-electron chi connectivity index (χ0n) is 12.4. The lowest BCUT2D eigenvalue weighted by Gasteiger charge is -2.33. The first-order valence-corrected chi connectivity index (χ1v) is 8.89. The number of nitrogens with zero attached hydrogens (tertiary/aromatic N) is 1. The topological polar surface area (TPSA) is 75.7 Å². The molecule has 0 aromatic carbocycles. The zero-order valence-corrected chi connectivity index (χ0v) is 13.2. The van der Waals surface area contributed by atoms with E-state index in [1.165, 1.54) is 7.11 Å². The number of nitrogens with one attached hydrogen (secondary N) is 1. The molecule has 0 unspecified atom stereocenters. The fraction of sp³-hybridized carbons (Fsp3) is 0.923. The minimum atomic E-state index is -3.29. The maximum atomic E-state index is 12.4. The Morgan fingerprint density at radius 1 is 1.35 bits per heavy atom. The van der Waals surface area contributed by atoms with Gasteiger partial charge in [0.1, 0.15) is 0 Å². The van der Waals surface area contributed by atoms with Crippen LogP contribution in [0.25, 0.3) is 0 Å². The summed E-state index contributed by atoms with van der Waals surface area (Å²) in [4.78, 5) is 11.1. The second-order valence-corrected chi connectivity index (χ2v) is 7.13. The van der Waals surface area contributed by atoms with E-state index in [4.69, 9.17) is 0 Å². The molecule has 0 aliphatic carbocycles. The maximum Gasteiger partial charge on any atom is 0.305 e. The van der Waals surface area contributed by atoms with Crippen molar-refractivity contribution >= 4 is 16.0 Å². The van der Waals surface area contributed by atoms with Gasteiger partial charge in [0.05, 0.1) is 12.9 Å². The molecule has 0 saturated carbocycles. The van der Waals surface area contributed by atoms with Crippen LogP contribution in [0.3, 0.4) is 0 Å². The Morgan fingerprint density at radius 2 is 2.00 bits per heavy atom. The Kier molecular flexibility index (Phi) is 7.47. The van der Waals surface area contributed by atoms with Gasteiger partial charge in [-0.15, -0.1) is 0 Å². The lowest BCUT2D eigenvalue weighted by atomic mass is 10.1. The van der Waals surface area contributed by atoms with Crippen molar-refractivity contribution in [3.05, 3.63) is 0 Å². The number of carbonyl (C=O) groups excluding carboxylic acids is 1. The van der Waals surface area contributed by atoms with E-state index in [-0.39, 0.29) is 24.2 Å². The summed E-state index contributed by atoms with van der Waals surface area (Å²) in [7, 11) is -1.98. The van der Waals surface area contributed by atoms with Crippen LogP contribution in [0, 0.1) is 0 Å². The van der Waals surface area contributed by atoms with Gasteiger partial charge in [0, 0.05) is 19.0 Å². The van der Waals surface area contributed by atoms with Gasteiger partial charge in [-0.05, 0) is 38.8 Å². The zero-order chi connectivity index (χ0) is 15.0. The second-order valence-electron chi connectivity index (χ2n) is 5.09. The van der Waals surface area contributed by atoms with Crippen LogP contribution in [-0.4, -0.2) is 57.2 Å². The molecule has 6 nitrogen and oxygen atoms in total. The van der Waals surface area contributed by atoms with Gasteiger partial charge in [0.25, 0.3) is 0 Å². The molecule has 1 rings (SSSR count). The molecule has 0 aromatic heterocycles. The van der Waals surface area contributed by atoms with Crippen LogP contribution >= 0.6 is 0 Å². The molecule has 20 heavy (non-hydrogen) atoms. The van der Waals surface area contributed by atoms with E-state index < -0.39 is 10.0 Å². The van der Waals surface area contributed by atoms with Crippen molar-refractivity contribution in [1.82, 2.24) is 9.62 Å². The lowest BCUT2D eigenvalue weighted by molar-refractivity contribution is -0.140. The summed E-state index contributed by atoms with van der Waals surface area (Å²) >= 11 is 0. The van der Waals surface area contributed by atoms with Gasteiger partial charge in [-0.25, -0.2) is 8.42 Å². The first-order chi connectivity index (χ1) is 9.51. The van der Waals surface area contributed by atoms with Crippen molar-refractivity contribution in [3.63, 3.8) is 0 Å². The van der Waals surface area contributed by atoms with Gasteiger partial charge in [-0.2, -0.15) is 4.31 Å². The summed E-state index contributed by atoms with van der Waals surface area (Å²) in [5.41, 5.74) is 0. The Balaban J connectivity index is 2.60. The average molecular weight is 306 g/mol. The van der Waals surface area contributed by atoms with Crippen LogP contribution < -0.4 is 5.32 Å². The number of esters is 1. The Morgan fingerprint density at radius 3 is 2.55 bits per heavy atom. The number of hydrogen-bond donors (Lipinski definition) is 1. The van der Waals surface area contributed by atoms with Gasteiger partial charge in [0.15, 0.2) is 0 Å². The molecule has 0 aromatic rings. The number of ether oxygens (including phenoxy) is 1. The average Bonchev–Trinajstić information content (AvgIpc) is 2.45. The van der Waals surface area contributed by atoms with Gasteiger partial charge < -0.3 is 10.1 Å². The maximum absolute atomic E-state index is 12.4. The molecular weight excluding hydrogens is 280 g/mol. The highest BCUT2D eigenvalue weighted by atomic mass is 32.2. The summed E-state index contributed by atoms with van der Waals surface area (Å²) < 4.78 is 31.1. The fourth-order valence-corrected chi connectivity index (χ4v) is 4.35. The predicted octanol–water partition coefficient (Wildman–Crippen LogP) is 0.733. The summed E-state index contributed by atoms with van der Waals surface area (Å²) in [5, 5.41) is 3.25. The van der Waals surface area contributed by atoms with E-state index >= 15 is 0 Å². The quantitative estimate of drug-likeness (QED) is 0.669. The molecule has 0 atom stereocenters. The van der Waals surface area contributed by atoms with Crippen molar-refractivity contribution in [3.8, 4) is 0 Å². The fourth-order valence-electron chi connectivity index (χ4n) is 2.48. The standard InChI is InChI=1S/C13H26N2O4S/c1-3-10-15(12-6-8-14-9-7-12)20(17,18)11-4-5-13(16)19-2/h12,14H,3-11H2,1-2H3. The Hall–Kier alpha value is -0.660. The normalized spacial score (nSPS) is 17.4. The molecule has 0 bridgehead atoms. The van der Waals surface area contributed by atoms with E-state index in [1.807, 2.05) is 6.92 Å². The number of hydrogen-bond acceptors (Lipinski definition) is 5. The monoisotopic (exact) mass is 306 g/mol. The molecule has 1 fully saturated rings. The Bertz CT molecular complexity index is 391. The number of piperidine rings is 1. The summed E-state index contributed by atoms with van der Waals surface area (Å²) in [6.45, 7) is 4.27. The van der Waals surface area contributed by atoms with Crippen molar-refractivity contribution in [2.75, 3.05) is 32.5 Å². The molecule has 1 heterocycles. The summed E-state index contributed by atoms with van der Waals surface area (Å²) in [6.07, 6.45) is 2.99. The smallest absolute Gasteiger partial charge is 0.305 e. The minimum absolute atomic E-state index is 0.0199. The largest absolute Gasteiger partial charge is 0.469 e. The number of methoxy groups -OCH3 is 1. The molecule has 118 valence electrons. The Labute approximate surface area is 121 Å². The third-order valence-corrected chi connectivity index (χ3v) is 5.53. The summed E-state index contributed by atoms with van der Waals surface area (Å²) in [6, 6.07) is 0.0966. The van der Waals surface area contributed by atoms with Gasteiger partial charge in [-0.1, -0.05) is 6.92 Å². The molecule has 0 amide bonds. The van der Waals surface area contributed by atoms with Crippen molar-refractivity contribution < 1.29 is 17.9 Å². The summed E-state index contributed by atoms with van der Waals surface area (Å²) in [5.74, 6) is -0.337. The highest BCUT2D eigenvalue weighted by Gasteiger charge is 2.29. The molecule has 7 heteroatoms. The molecule has 0 radical (unpaired) electrons. The van der Waals surface area contributed by atoms with E-state index in [0.29, 0.717) is 13.0 Å². The van der Waals surface area contributed by atoms with Crippen LogP contribution in [0.1, 0.15) is 39.0 Å². The molecule has 1 N–H and O–H groups in total. The van der Waals surface area contributed by atoms with Crippen molar-refractivity contribution in [2.24, 2.45) is 0 Å². The number of sulfonamides is 1. The lowest BCUT2D eigenvalue weighted by Crippen LogP contribution is -2.47. The van der Waals surface area contributed by atoms with Crippen molar-refractivity contribution in [1.29, 1.82) is 0 Å². The number of rotatable bonds is 8. The second kappa shape index (κ2) is 8.59. The van der Waals surface area contributed by atoms with Crippen molar-refractivity contribution in [2.45, 2.75) is 45.1 Å². The van der Waals surface area contributed by atoms with Gasteiger partial charge in [-0.3, -0.25) is 4.79 Å². The van der Waals surface area contributed by atoms with Crippen LogP contribution in [0.5, 0.6) is 0 Å². The van der Waals surface area contributed by atoms with Crippen LogP contribution in [0.15, 0.2) is 0 Å². The van der Waals surface area contributed by atoms with Gasteiger partial charge in [0.2, 0.25) is 10.0 Å². The molecule has 1 aliphatic rings. The number of carbonyl (C=O) groups is 1. The van der Waals surface area contributed by atoms with E-state index in [2.05, 4.69) is 10.1 Å². The molecular formula is C13H26N2O4S. The first-order valence-electron chi connectivity index (χ1n) is 7.28. The third-order valence-electron chi connectivity index (χ3n) is 3.53. The van der Waals surface area contributed by atoms with E-state index in [1.54, 1.807) is 4.31 Å². The van der Waals surface area contributed by atoms with Crippen LogP contribution in [0.2, 0.25) is 0 Å². The van der Waals surface area contributed by atoms with E-state index in [0.717, 1.165) is 32.4 Å². The van der Waals surface area contributed by atoms with Crippen LogP contribution in [0.4, 0.5) is 0 Å². The molecule has 1 aliphatic heterocycles. The molecule has 1 saturated heterocycles. The highest BCUT2D eigenvalue weighted by Crippen LogP contribution is 2.18. The minimum Gasteiger partial charge on any atom is -0.469 e. The van der Waals surface area contributed by atoms with Crippen LogP contribution in [-0.2, 0) is 19.6 Å². The van der Waals surface area contributed by atoms with Gasteiger partial charge >= 0.3 is 5.97 Å². The highest BCUT2D eigenvalue weighted by molar-refractivity contribution is 7.89. The third kappa shape index (κ3) is 5.38.